The standard InChI is InChI=1S/C12H16N4OS/c1-2-9(6-13-5-1)3-4-11-15-12(16-17-11)10-7-14-8-18-10/h7-9,13H,1-6H2. The zero-order valence-corrected chi connectivity index (χ0v) is 10.9. The molecule has 2 aromatic rings. The molecule has 0 radical (unpaired) electrons. The van der Waals surface area contributed by atoms with Crippen LogP contribution in [0.1, 0.15) is 25.2 Å². The van der Waals surface area contributed by atoms with E-state index in [9.17, 15) is 0 Å². The predicted octanol–water partition coefficient (Wildman–Crippen LogP) is 2.13. The van der Waals surface area contributed by atoms with Gasteiger partial charge in [0, 0.05) is 12.6 Å². The molecular formula is C12H16N4OS. The Morgan fingerprint density at radius 1 is 1.50 bits per heavy atom. The van der Waals surface area contributed by atoms with Crippen LogP contribution in [0.15, 0.2) is 16.2 Å². The Hall–Kier alpha value is -1.27. The number of nitrogens with one attached hydrogen (secondary N) is 1. The maximum Gasteiger partial charge on any atom is 0.226 e. The summed E-state index contributed by atoms with van der Waals surface area (Å²) in [5.74, 6) is 2.15. The van der Waals surface area contributed by atoms with Crippen LogP contribution in [0.3, 0.4) is 0 Å². The van der Waals surface area contributed by atoms with Gasteiger partial charge >= 0.3 is 0 Å². The largest absolute Gasteiger partial charge is 0.339 e. The first-order valence-electron chi connectivity index (χ1n) is 6.34. The summed E-state index contributed by atoms with van der Waals surface area (Å²) in [4.78, 5) is 9.39. The SMILES string of the molecule is c1ncc(-c2noc(CCC3CCCNC3)n2)s1. The number of thiazole rings is 1. The smallest absolute Gasteiger partial charge is 0.226 e. The van der Waals surface area contributed by atoms with Gasteiger partial charge in [-0.05, 0) is 38.3 Å². The molecule has 2 aromatic heterocycles. The van der Waals surface area contributed by atoms with Crippen molar-refractivity contribution < 1.29 is 4.52 Å². The monoisotopic (exact) mass is 264 g/mol. The van der Waals surface area contributed by atoms with Gasteiger partial charge in [0.15, 0.2) is 0 Å². The van der Waals surface area contributed by atoms with E-state index >= 15 is 0 Å². The molecule has 5 nitrogen and oxygen atoms in total. The third-order valence-corrected chi connectivity index (χ3v) is 4.06. The van der Waals surface area contributed by atoms with Crippen LogP contribution < -0.4 is 5.32 Å². The molecule has 96 valence electrons. The van der Waals surface area contributed by atoms with Crippen molar-refractivity contribution in [2.45, 2.75) is 25.7 Å². The van der Waals surface area contributed by atoms with E-state index in [1.165, 1.54) is 24.2 Å². The minimum atomic E-state index is 0.661. The molecule has 1 atom stereocenters. The molecule has 3 heterocycles. The molecule has 1 saturated heterocycles. The highest BCUT2D eigenvalue weighted by molar-refractivity contribution is 7.13. The van der Waals surface area contributed by atoms with Gasteiger partial charge in [-0.25, -0.2) is 0 Å². The number of hydrogen-bond donors (Lipinski definition) is 1. The molecule has 1 N–H and O–H groups in total. The number of piperidine rings is 1. The van der Waals surface area contributed by atoms with Crippen LogP contribution in [0.25, 0.3) is 10.7 Å². The van der Waals surface area contributed by atoms with Crippen molar-refractivity contribution in [1.29, 1.82) is 0 Å². The average molecular weight is 264 g/mol. The van der Waals surface area contributed by atoms with E-state index in [-0.39, 0.29) is 0 Å². The average Bonchev–Trinajstić information content (AvgIpc) is 3.08. The van der Waals surface area contributed by atoms with Crippen molar-refractivity contribution in [1.82, 2.24) is 20.4 Å². The number of hydrogen-bond acceptors (Lipinski definition) is 6. The lowest BCUT2D eigenvalue weighted by Crippen LogP contribution is -2.29. The van der Waals surface area contributed by atoms with Crippen LogP contribution in [0.4, 0.5) is 0 Å². The first-order valence-corrected chi connectivity index (χ1v) is 7.22. The second-order valence-electron chi connectivity index (χ2n) is 4.63. The molecule has 18 heavy (non-hydrogen) atoms. The summed E-state index contributed by atoms with van der Waals surface area (Å²) in [6, 6.07) is 0. The summed E-state index contributed by atoms with van der Waals surface area (Å²) < 4.78 is 5.28. The van der Waals surface area contributed by atoms with E-state index in [1.807, 2.05) is 0 Å². The lowest BCUT2D eigenvalue weighted by atomic mass is 9.95. The van der Waals surface area contributed by atoms with Crippen molar-refractivity contribution in [2.24, 2.45) is 5.92 Å². The van der Waals surface area contributed by atoms with Crippen molar-refractivity contribution in [3.8, 4) is 10.7 Å². The molecular weight excluding hydrogens is 248 g/mol. The summed E-state index contributed by atoms with van der Waals surface area (Å²) >= 11 is 1.53. The molecule has 0 aromatic carbocycles. The van der Waals surface area contributed by atoms with Gasteiger partial charge in [-0.15, -0.1) is 11.3 Å². The second kappa shape index (κ2) is 5.58. The second-order valence-corrected chi connectivity index (χ2v) is 5.51. The minimum absolute atomic E-state index is 0.661. The Kier molecular flexibility index (Phi) is 3.66. The molecule has 1 aliphatic rings. The fourth-order valence-corrected chi connectivity index (χ4v) is 2.83. The molecule has 0 amide bonds. The Labute approximate surface area is 110 Å². The summed E-state index contributed by atoms with van der Waals surface area (Å²) in [5.41, 5.74) is 1.78. The van der Waals surface area contributed by atoms with Crippen LogP contribution in [-0.2, 0) is 6.42 Å². The third kappa shape index (κ3) is 2.76. The minimum Gasteiger partial charge on any atom is -0.339 e. The molecule has 0 spiro atoms. The number of aromatic nitrogens is 3. The Morgan fingerprint density at radius 3 is 3.28 bits per heavy atom. The Balaban J connectivity index is 1.57. The maximum atomic E-state index is 5.28. The highest BCUT2D eigenvalue weighted by atomic mass is 32.1. The van der Waals surface area contributed by atoms with Crippen LogP contribution in [0.2, 0.25) is 0 Å². The molecule has 0 saturated carbocycles. The number of rotatable bonds is 4. The fourth-order valence-electron chi connectivity index (χ4n) is 2.28. The van der Waals surface area contributed by atoms with E-state index < -0.39 is 0 Å². The van der Waals surface area contributed by atoms with Crippen molar-refractivity contribution >= 4 is 11.3 Å². The van der Waals surface area contributed by atoms with Crippen molar-refractivity contribution in [2.75, 3.05) is 13.1 Å². The molecule has 0 aliphatic carbocycles. The van der Waals surface area contributed by atoms with E-state index in [1.54, 1.807) is 11.7 Å². The van der Waals surface area contributed by atoms with Crippen LogP contribution in [0.5, 0.6) is 0 Å². The normalized spacial score (nSPS) is 20.1. The van der Waals surface area contributed by atoms with Gasteiger partial charge in [0.25, 0.3) is 0 Å². The van der Waals surface area contributed by atoms with Crippen molar-refractivity contribution in [3.05, 3.63) is 17.6 Å². The molecule has 1 fully saturated rings. The van der Waals surface area contributed by atoms with E-state index in [0.29, 0.717) is 5.82 Å². The molecule has 3 rings (SSSR count). The summed E-state index contributed by atoms with van der Waals surface area (Å²) in [5, 5.41) is 7.42. The van der Waals surface area contributed by atoms with Crippen LogP contribution in [-0.4, -0.2) is 28.2 Å². The number of nitrogens with zero attached hydrogens (tertiary/aromatic N) is 3. The first-order chi connectivity index (χ1) is 8.92. The van der Waals surface area contributed by atoms with E-state index in [0.717, 1.165) is 42.6 Å². The van der Waals surface area contributed by atoms with Crippen molar-refractivity contribution in [3.63, 3.8) is 0 Å². The van der Waals surface area contributed by atoms with E-state index in [4.69, 9.17) is 4.52 Å². The predicted molar refractivity (Wildman–Crippen MR) is 69.3 cm³/mol. The summed E-state index contributed by atoms with van der Waals surface area (Å²) in [6.07, 6.45) is 6.35. The summed E-state index contributed by atoms with van der Waals surface area (Å²) in [7, 11) is 0. The third-order valence-electron chi connectivity index (χ3n) is 3.29. The molecule has 0 bridgehead atoms. The van der Waals surface area contributed by atoms with Gasteiger partial charge in [0.05, 0.1) is 10.4 Å². The van der Waals surface area contributed by atoms with Gasteiger partial charge < -0.3 is 9.84 Å². The highest BCUT2D eigenvalue weighted by Gasteiger charge is 2.15. The summed E-state index contributed by atoms with van der Waals surface area (Å²) in [6.45, 7) is 2.28. The van der Waals surface area contributed by atoms with Gasteiger partial charge in [-0.2, -0.15) is 4.98 Å². The lowest BCUT2D eigenvalue weighted by molar-refractivity contribution is 0.327. The molecule has 6 heteroatoms. The Bertz CT molecular complexity index is 476. The van der Waals surface area contributed by atoms with Gasteiger partial charge in [-0.3, -0.25) is 4.98 Å². The molecule has 1 unspecified atom stereocenters. The zero-order valence-electron chi connectivity index (χ0n) is 10.1. The Morgan fingerprint density at radius 2 is 2.50 bits per heavy atom. The molecule has 1 aliphatic heterocycles. The van der Waals surface area contributed by atoms with Gasteiger partial charge in [0.2, 0.25) is 11.7 Å². The fraction of sp³-hybridized carbons (Fsp3) is 0.583. The van der Waals surface area contributed by atoms with Crippen LogP contribution >= 0.6 is 11.3 Å². The topological polar surface area (TPSA) is 63.8 Å². The number of aryl methyl sites for hydroxylation is 1. The maximum absolute atomic E-state index is 5.28. The van der Waals surface area contributed by atoms with Gasteiger partial charge in [-0.1, -0.05) is 5.16 Å². The van der Waals surface area contributed by atoms with E-state index in [2.05, 4.69) is 20.4 Å². The van der Waals surface area contributed by atoms with Crippen LogP contribution in [0, 0.1) is 5.92 Å². The zero-order chi connectivity index (χ0) is 12.2. The first kappa shape index (κ1) is 11.8. The lowest BCUT2D eigenvalue weighted by Gasteiger charge is -2.21. The van der Waals surface area contributed by atoms with Gasteiger partial charge in [0.1, 0.15) is 0 Å². The quantitative estimate of drug-likeness (QED) is 0.916. The highest BCUT2D eigenvalue weighted by Crippen LogP contribution is 2.21.